The van der Waals surface area contributed by atoms with Crippen LogP contribution in [0.3, 0.4) is 0 Å². The molecule has 126 valence electrons. The van der Waals surface area contributed by atoms with Crippen molar-refractivity contribution in [3.63, 3.8) is 0 Å². The van der Waals surface area contributed by atoms with Gasteiger partial charge < -0.3 is 14.8 Å². The van der Waals surface area contributed by atoms with Crippen LogP contribution in [0.1, 0.15) is 24.0 Å². The lowest BCUT2D eigenvalue weighted by Crippen LogP contribution is -2.43. The Kier molecular flexibility index (Phi) is 5.16. The second kappa shape index (κ2) is 7.49. The van der Waals surface area contributed by atoms with Crippen LogP contribution in [0.2, 0.25) is 0 Å². The van der Waals surface area contributed by atoms with Crippen LogP contribution < -0.4 is 10.1 Å². The van der Waals surface area contributed by atoms with Crippen molar-refractivity contribution in [2.24, 2.45) is 0 Å². The van der Waals surface area contributed by atoms with E-state index in [2.05, 4.69) is 5.32 Å². The monoisotopic (exact) mass is 325 g/mol. The summed E-state index contributed by atoms with van der Waals surface area (Å²) in [4.78, 5) is 12.4. The molecule has 24 heavy (non-hydrogen) atoms. The molecule has 1 saturated heterocycles. The molecular weight excluding hydrogens is 302 g/mol. The third kappa shape index (κ3) is 3.95. The van der Waals surface area contributed by atoms with Crippen molar-refractivity contribution >= 4 is 5.97 Å². The van der Waals surface area contributed by atoms with Crippen LogP contribution in [0.25, 0.3) is 0 Å². The van der Waals surface area contributed by atoms with Crippen LogP contribution in [0.5, 0.6) is 5.75 Å². The first kappa shape index (κ1) is 16.5. The average molecular weight is 325 g/mol. The van der Waals surface area contributed by atoms with E-state index < -0.39 is 5.60 Å². The summed E-state index contributed by atoms with van der Waals surface area (Å²) in [5, 5.41) is 3.32. The summed E-state index contributed by atoms with van der Waals surface area (Å²) in [6.45, 7) is 3.60. The topological polar surface area (TPSA) is 47.6 Å². The molecule has 1 fully saturated rings. The molecule has 0 amide bonds. The maximum absolute atomic E-state index is 12.4. The minimum Gasteiger partial charge on any atom is -0.482 e. The van der Waals surface area contributed by atoms with Gasteiger partial charge in [-0.2, -0.15) is 0 Å². The molecule has 3 rings (SSSR count). The second-order valence-corrected chi connectivity index (χ2v) is 6.19. The Morgan fingerprint density at radius 1 is 1.04 bits per heavy atom. The molecule has 1 aliphatic heterocycles. The van der Waals surface area contributed by atoms with Gasteiger partial charge in [-0.1, -0.05) is 48.0 Å². The van der Waals surface area contributed by atoms with E-state index in [1.54, 1.807) is 0 Å². The highest BCUT2D eigenvalue weighted by Gasteiger charge is 2.37. The molecule has 1 aliphatic rings. The van der Waals surface area contributed by atoms with Gasteiger partial charge in [-0.25, -0.2) is 4.79 Å². The van der Waals surface area contributed by atoms with Crippen molar-refractivity contribution in [3.8, 4) is 5.75 Å². The van der Waals surface area contributed by atoms with E-state index in [1.807, 2.05) is 61.5 Å². The lowest BCUT2D eigenvalue weighted by molar-refractivity contribution is -0.166. The van der Waals surface area contributed by atoms with Crippen LogP contribution in [-0.2, 0) is 15.1 Å². The molecular formula is C20H23NO3. The van der Waals surface area contributed by atoms with Gasteiger partial charge in [0.05, 0.1) is 0 Å². The van der Waals surface area contributed by atoms with Gasteiger partial charge in [-0.15, -0.1) is 0 Å². The summed E-state index contributed by atoms with van der Waals surface area (Å²) < 4.78 is 11.5. The molecule has 0 bridgehead atoms. The van der Waals surface area contributed by atoms with E-state index in [9.17, 15) is 4.79 Å². The number of carbonyl (C=O) groups is 1. The van der Waals surface area contributed by atoms with Crippen molar-refractivity contribution in [1.29, 1.82) is 0 Å². The zero-order valence-electron chi connectivity index (χ0n) is 14.0. The number of benzene rings is 2. The quantitative estimate of drug-likeness (QED) is 0.858. The van der Waals surface area contributed by atoms with Gasteiger partial charge in [0, 0.05) is 12.8 Å². The first-order valence-electron chi connectivity index (χ1n) is 8.35. The number of ether oxygens (including phenoxy) is 2. The van der Waals surface area contributed by atoms with Gasteiger partial charge in [-0.3, -0.25) is 0 Å². The van der Waals surface area contributed by atoms with Gasteiger partial charge >= 0.3 is 5.97 Å². The zero-order valence-corrected chi connectivity index (χ0v) is 14.0. The maximum atomic E-state index is 12.4. The first-order chi connectivity index (χ1) is 11.7. The largest absolute Gasteiger partial charge is 0.482 e. The van der Waals surface area contributed by atoms with Gasteiger partial charge in [0.2, 0.25) is 0 Å². The molecule has 4 nitrogen and oxygen atoms in total. The fourth-order valence-corrected chi connectivity index (χ4v) is 3.05. The molecule has 1 N–H and O–H groups in total. The van der Waals surface area contributed by atoms with Crippen molar-refractivity contribution in [2.75, 3.05) is 19.7 Å². The van der Waals surface area contributed by atoms with E-state index in [0.717, 1.165) is 37.1 Å². The summed E-state index contributed by atoms with van der Waals surface area (Å²) in [5.74, 6) is 0.345. The molecule has 0 saturated carbocycles. The fourth-order valence-electron chi connectivity index (χ4n) is 3.05. The number of piperidine rings is 1. The number of nitrogens with one attached hydrogen (secondary N) is 1. The summed E-state index contributed by atoms with van der Waals surface area (Å²) in [5.41, 5.74) is 1.65. The van der Waals surface area contributed by atoms with E-state index in [0.29, 0.717) is 5.75 Å². The third-order valence-corrected chi connectivity index (χ3v) is 4.40. The van der Waals surface area contributed by atoms with Crippen LogP contribution in [0.15, 0.2) is 54.6 Å². The highest BCUT2D eigenvalue weighted by molar-refractivity contribution is 5.72. The number of esters is 1. The van der Waals surface area contributed by atoms with Gasteiger partial charge in [0.25, 0.3) is 0 Å². The van der Waals surface area contributed by atoms with Crippen LogP contribution in [0.4, 0.5) is 0 Å². The van der Waals surface area contributed by atoms with Crippen LogP contribution >= 0.6 is 0 Å². The normalized spacial score (nSPS) is 16.4. The maximum Gasteiger partial charge on any atom is 0.345 e. The Hall–Kier alpha value is -2.33. The molecule has 0 aromatic heterocycles. The Morgan fingerprint density at radius 2 is 1.71 bits per heavy atom. The van der Waals surface area contributed by atoms with Crippen LogP contribution in [-0.4, -0.2) is 25.7 Å². The lowest BCUT2D eigenvalue weighted by atomic mass is 9.85. The molecule has 0 atom stereocenters. The fraction of sp³-hybridized carbons (Fsp3) is 0.350. The molecule has 0 aliphatic carbocycles. The molecule has 4 heteroatoms. The molecule has 2 aromatic carbocycles. The van der Waals surface area contributed by atoms with Gasteiger partial charge in [0.1, 0.15) is 11.4 Å². The lowest BCUT2D eigenvalue weighted by Gasteiger charge is -2.37. The number of hydrogen-bond acceptors (Lipinski definition) is 4. The molecule has 0 spiro atoms. The molecule has 0 unspecified atom stereocenters. The minimum absolute atomic E-state index is 0.0783. The molecule has 0 radical (unpaired) electrons. The van der Waals surface area contributed by atoms with Crippen LogP contribution in [0, 0.1) is 6.92 Å². The van der Waals surface area contributed by atoms with E-state index in [1.165, 1.54) is 0 Å². The number of rotatable bonds is 5. The Balaban J connectivity index is 1.66. The highest BCUT2D eigenvalue weighted by atomic mass is 16.6. The molecule has 1 heterocycles. The van der Waals surface area contributed by atoms with Crippen molar-refractivity contribution in [3.05, 3.63) is 65.7 Å². The van der Waals surface area contributed by atoms with Crippen molar-refractivity contribution in [2.45, 2.75) is 25.4 Å². The predicted octanol–water partition coefficient (Wildman–Crippen LogP) is 3.20. The number of aryl methyl sites for hydroxylation is 1. The summed E-state index contributed by atoms with van der Waals surface area (Å²) in [6.07, 6.45) is 1.54. The van der Waals surface area contributed by atoms with E-state index in [4.69, 9.17) is 9.47 Å². The summed E-state index contributed by atoms with van der Waals surface area (Å²) in [6, 6.07) is 17.6. The number of hydrogen-bond donors (Lipinski definition) is 1. The zero-order chi connectivity index (χ0) is 16.8. The minimum atomic E-state index is -0.555. The smallest absolute Gasteiger partial charge is 0.345 e. The molecule has 2 aromatic rings. The van der Waals surface area contributed by atoms with E-state index in [-0.39, 0.29) is 12.6 Å². The van der Waals surface area contributed by atoms with E-state index >= 15 is 0 Å². The Morgan fingerprint density at radius 3 is 2.38 bits per heavy atom. The van der Waals surface area contributed by atoms with Gasteiger partial charge in [0.15, 0.2) is 6.61 Å². The first-order valence-corrected chi connectivity index (χ1v) is 8.35. The average Bonchev–Trinajstić information content (AvgIpc) is 2.63. The third-order valence-electron chi connectivity index (χ3n) is 4.40. The second-order valence-electron chi connectivity index (χ2n) is 6.19. The summed E-state index contributed by atoms with van der Waals surface area (Å²) in [7, 11) is 0. The standard InChI is InChI=1S/C20H23NO3/c1-16-7-9-18(10-8-16)23-15-19(22)24-20(11-13-21-14-12-20)17-5-3-2-4-6-17/h2-10,21H,11-15H2,1H3. The van der Waals surface area contributed by atoms with Crippen molar-refractivity contribution < 1.29 is 14.3 Å². The Bertz CT molecular complexity index is 661. The Labute approximate surface area is 142 Å². The predicted molar refractivity (Wildman–Crippen MR) is 93.0 cm³/mol. The summed E-state index contributed by atoms with van der Waals surface area (Å²) >= 11 is 0. The van der Waals surface area contributed by atoms with Crippen molar-refractivity contribution in [1.82, 2.24) is 5.32 Å². The SMILES string of the molecule is Cc1ccc(OCC(=O)OC2(c3ccccc3)CCNCC2)cc1. The highest BCUT2D eigenvalue weighted by Crippen LogP contribution is 2.34. The van der Waals surface area contributed by atoms with Gasteiger partial charge in [-0.05, 0) is 37.7 Å². The number of carbonyl (C=O) groups excluding carboxylic acids is 1.